The van der Waals surface area contributed by atoms with Gasteiger partial charge in [0.2, 0.25) is 5.91 Å². The number of aromatic nitrogens is 4. The van der Waals surface area contributed by atoms with Crippen molar-refractivity contribution < 1.29 is 4.79 Å². The van der Waals surface area contributed by atoms with Crippen LogP contribution in [0.4, 0.5) is 0 Å². The Bertz CT molecular complexity index is 1030. The van der Waals surface area contributed by atoms with Gasteiger partial charge in [-0.3, -0.25) is 9.89 Å². The number of amides is 1. The molecule has 0 bridgehead atoms. The summed E-state index contributed by atoms with van der Waals surface area (Å²) in [5.74, 6) is 0.121. The first-order valence-corrected chi connectivity index (χ1v) is 6.93. The standard InChI is InChI=1S/C15H10ClN5O/c16-8-2-4-11-12(6-8)19-15(18-11)13-9-5-7(14(17)22)1-3-10(9)20-21-13/h1-6H,(H2,17,22)(H,18,19)(H,20,21). The van der Waals surface area contributed by atoms with Crippen LogP contribution in [0.25, 0.3) is 33.5 Å². The highest BCUT2D eigenvalue weighted by Gasteiger charge is 2.14. The number of hydrogen-bond donors (Lipinski definition) is 3. The number of benzene rings is 2. The molecule has 2 aromatic carbocycles. The molecule has 2 heterocycles. The van der Waals surface area contributed by atoms with Gasteiger partial charge in [0.15, 0.2) is 5.82 Å². The summed E-state index contributed by atoms with van der Waals surface area (Å²) in [6.07, 6.45) is 0. The van der Waals surface area contributed by atoms with E-state index in [0.29, 0.717) is 22.1 Å². The molecule has 0 saturated carbocycles. The first kappa shape index (κ1) is 12.8. The maximum absolute atomic E-state index is 11.3. The Kier molecular flexibility index (Phi) is 2.67. The molecule has 0 aliphatic carbocycles. The summed E-state index contributed by atoms with van der Waals surface area (Å²) in [7, 11) is 0. The number of primary amides is 1. The average Bonchev–Trinajstić information content (AvgIpc) is 3.08. The van der Waals surface area contributed by atoms with Crippen LogP contribution in [0.15, 0.2) is 36.4 Å². The molecular formula is C15H10ClN5O. The molecule has 0 unspecified atom stereocenters. The molecule has 0 saturated heterocycles. The van der Waals surface area contributed by atoms with E-state index in [2.05, 4.69) is 20.2 Å². The lowest BCUT2D eigenvalue weighted by Crippen LogP contribution is -2.10. The highest BCUT2D eigenvalue weighted by atomic mass is 35.5. The molecule has 7 heteroatoms. The summed E-state index contributed by atoms with van der Waals surface area (Å²) in [6, 6.07) is 10.5. The van der Waals surface area contributed by atoms with Crippen LogP contribution >= 0.6 is 11.6 Å². The Morgan fingerprint density at radius 3 is 2.82 bits per heavy atom. The SMILES string of the molecule is NC(=O)c1ccc2[nH]nc(-c3nc4ccc(Cl)cc4[nH]3)c2c1. The van der Waals surface area contributed by atoms with E-state index in [1.165, 1.54) is 0 Å². The van der Waals surface area contributed by atoms with Crippen molar-refractivity contribution in [2.24, 2.45) is 5.73 Å². The van der Waals surface area contributed by atoms with Crippen molar-refractivity contribution >= 4 is 39.4 Å². The fraction of sp³-hybridized carbons (Fsp3) is 0. The van der Waals surface area contributed by atoms with E-state index >= 15 is 0 Å². The molecular weight excluding hydrogens is 302 g/mol. The number of aromatic amines is 2. The van der Waals surface area contributed by atoms with Gasteiger partial charge in [-0.25, -0.2) is 4.98 Å². The van der Waals surface area contributed by atoms with Gasteiger partial charge in [0, 0.05) is 16.0 Å². The molecule has 22 heavy (non-hydrogen) atoms. The molecule has 4 rings (SSSR count). The molecule has 4 N–H and O–H groups in total. The van der Waals surface area contributed by atoms with E-state index in [-0.39, 0.29) is 0 Å². The van der Waals surface area contributed by atoms with Crippen molar-refractivity contribution in [3.05, 3.63) is 47.0 Å². The fourth-order valence-electron chi connectivity index (χ4n) is 2.44. The Balaban J connectivity index is 1.95. The van der Waals surface area contributed by atoms with Gasteiger partial charge in [0.25, 0.3) is 0 Å². The number of nitrogens with one attached hydrogen (secondary N) is 2. The van der Waals surface area contributed by atoms with E-state index in [4.69, 9.17) is 17.3 Å². The zero-order valence-corrected chi connectivity index (χ0v) is 12.0. The molecule has 0 aliphatic rings. The van der Waals surface area contributed by atoms with Crippen LogP contribution in [0.3, 0.4) is 0 Å². The molecule has 2 aromatic heterocycles. The van der Waals surface area contributed by atoms with Crippen molar-refractivity contribution in [1.29, 1.82) is 0 Å². The van der Waals surface area contributed by atoms with Gasteiger partial charge in [-0.1, -0.05) is 11.6 Å². The van der Waals surface area contributed by atoms with Crippen molar-refractivity contribution in [2.75, 3.05) is 0 Å². The summed E-state index contributed by atoms with van der Waals surface area (Å²) >= 11 is 5.98. The summed E-state index contributed by atoms with van der Waals surface area (Å²) in [4.78, 5) is 19.0. The van der Waals surface area contributed by atoms with Gasteiger partial charge >= 0.3 is 0 Å². The van der Waals surface area contributed by atoms with Crippen molar-refractivity contribution in [2.45, 2.75) is 0 Å². The molecule has 108 valence electrons. The second kappa shape index (κ2) is 4.57. The Hall–Kier alpha value is -2.86. The highest BCUT2D eigenvalue weighted by Crippen LogP contribution is 2.27. The Morgan fingerprint density at radius 2 is 2.00 bits per heavy atom. The molecule has 0 atom stereocenters. The summed E-state index contributed by atoms with van der Waals surface area (Å²) in [6.45, 7) is 0. The van der Waals surface area contributed by atoms with Crippen LogP contribution in [0.1, 0.15) is 10.4 Å². The topological polar surface area (TPSA) is 100 Å². The van der Waals surface area contributed by atoms with Crippen LogP contribution in [0.2, 0.25) is 5.02 Å². The number of imidazole rings is 1. The third kappa shape index (κ3) is 1.93. The largest absolute Gasteiger partial charge is 0.366 e. The summed E-state index contributed by atoms with van der Waals surface area (Å²) < 4.78 is 0. The monoisotopic (exact) mass is 311 g/mol. The lowest BCUT2D eigenvalue weighted by molar-refractivity contribution is 0.100. The molecule has 1 amide bonds. The minimum Gasteiger partial charge on any atom is -0.366 e. The number of halogens is 1. The number of rotatable bonds is 2. The first-order valence-electron chi connectivity index (χ1n) is 6.55. The zero-order valence-electron chi connectivity index (χ0n) is 11.2. The molecule has 0 spiro atoms. The third-order valence-corrected chi connectivity index (χ3v) is 3.75. The van der Waals surface area contributed by atoms with E-state index in [0.717, 1.165) is 21.9 Å². The number of nitrogens with zero attached hydrogens (tertiary/aromatic N) is 2. The first-order chi connectivity index (χ1) is 10.6. The zero-order chi connectivity index (χ0) is 15.3. The predicted molar refractivity (Wildman–Crippen MR) is 84.7 cm³/mol. The minimum atomic E-state index is -0.481. The van der Waals surface area contributed by atoms with E-state index in [9.17, 15) is 4.79 Å². The average molecular weight is 312 g/mol. The molecule has 6 nitrogen and oxygen atoms in total. The highest BCUT2D eigenvalue weighted by molar-refractivity contribution is 6.31. The second-order valence-corrected chi connectivity index (χ2v) is 5.38. The van der Waals surface area contributed by atoms with Crippen molar-refractivity contribution in [3.63, 3.8) is 0 Å². The predicted octanol–water partition coefficient (Wildman–Crippen LogP) is 2.86. The molecule has 0 fully saturated rings. The van der Waals surface area contributed by atoms with Crippen molar-refractivity contribution in [1.82, 2.24) is 20.2 Å². The second-order valence-electron chi connectivity index (χ2n) is 4.94. The van der Waals surface area contributed by atoms with Gasteiger partial charge in [-0.2, -0.15) is 5.10 Å². The van der Waals surface area contributed by atoms with E-state index < -0.39 is 5.91 Å². The number of carbonyl (C=O) groups is 1. The van der Waals surface area contributed by atoms with Crippen molar-refractivity contribution in [3.8, 4) is 11.5 Å². The smallest absolute Gasteiger partial charge is 0.248 e. The summed E-state index contributed by atoms with van der Waals surface area (Å²) in [5.41, 5.74) is 8.81. The van der Waals surface area contributed by atoms with Gasteiger partial charge in [-0.15, -0.1) is 0 Å². The lowest BCUT2D eigenvalue weighted by Gasteiger charge is -1.96. The molecule has 0 aliphatic heterocycles. The van der Waals surface area contributed by atoms with Gasteiger partial charge in [-0.05, 0) is 36.4 Å². The summed E-state index contributed by atoms with van der Waals surface area (Å²) in [5, 5.41) is 8.61. The maximum Gasteiger partial charge on any atom is 0.248 e. The number of nitrogens with two attached hydrogens (primary N) is 1. The number of H-pyrrole nitrogens is 2. The fourth-order valence-corrected chi connectivity index (χ4v) is 2.61. The number of fused-ring (bicyclic) bond motifs is 2. The van der Waals surface area contributed by atoms with E-state index in [1.807, 2.05) is 6.07 Å². The van der Waals surface area contributed by atoms with Gasteiger partial charge in [0.1, 0.15) is 5.69 Å². The van der Waals surface area contributed by atoms with Crippen LogP contribution in [-0.2, 0) is 0 Å². The Morgan fingerprint density at radius 1 is 1.14 bits per heavy atom. The van der Waals surface area contributed by atoms with Crippen LogP contribution < -0.4 is 5.73 Å². The number of carbonyl (C=O) groups excluding carboxylic acids is 1. The third-order valence-electron chi connectivity index (χ3n) is 3.52. The normalized spacial score (nSPS) is 11.3. The van der Waals surface area contributed by atoms with Crippen LogP contribution in [0, 0.1) is 0 Å². The molecule has 0 radical (unpaired) electrons. The van der Waals surface area contributed by atoms with Crippen LogP contribution in [0.5, 0.6) is 0 Å². The van der Waals surface area contributed by atoms with Gasteiger partial charge in [0.05, 0.1) is 16.6 Å². The quantitative estimate of drug-likeness (QED) is 0.530. The number of hydrogen-bond acceptors (Lipinski definition) is 3. The maximum atomic E-state index is 11.3. The molecule has 4 aromatic rings. The van der Waals surface area contributed by atoms with E-state index in [1.54, 1.807) is 30.3 Å². The Labute approximate surface area is 129 Å². The lowest BCUT2D eigenvalue weighted by atomic mass is 10.1. The minimum absolute atomic E-state index is 0.425. The van der Waals surface area contributed by atoms with Gasteiger partial charge < -0.3 is 10.7 Å². The van der Waals surface area contributed by atoms with Crippen LogP contribution in [-0.4, -0.2) is 26.1 Å².